The van der Waals surface area contributed by atoms with Gasteiger partial charge in [-0.1, -0.05) is 42.5 Å². The van der Waals surface area contributed by atoms with E-state index >= 15 is 0 Å². The van der Waals surface area contributed by atoms with Crippen LogP contribution in [0.2, 0.25) is 0 Å². The van der Waals surface area contributed by atoms with Crippen LogP contribution in [0.5, 0.6) is 5.75 Å². The Morgan fingerprint density at radius 2 is 1.70 bits per heavy atom. The van der Waals surface area contributed by atoms with E-state index in [1.165, 1.54) is 12.3 Å². The number of carbonyl (C=O) groups is 2. The smallest absolute Gasteiger partial charge is 0.329 e. The van der Waals surface area contributed by atoms with Crippen LogP contribution in [0.3, 0.4) is 0 Å². The number of amides is 2. The van der Waals surface area contributed by atoms with E-state index in [9.17, 15) is 14.7 Å². The molecule has 2 amide bonds. The summed E-state index contributed by atoms with van der Waals surface area (Å²) in [5.74, 6) is -1.62. The minimum atomic E-state index is -0.876. The van der Waals surface area contributed by atoms with Crippen LogP contribution in [-0.4, -0.2) is 23.1 Å². The molecule has 3 N–H and O–H groups in total. The van der Waals surface area contributed by atoms with Gasteiger partial charge >= 0.3 is 11.8 Å². The number of para-hydroxylation sites is 1. The highest BCUT2D eigenvalue weighted by Gasteiger charge is 2.16. The molecular weight excluding hydrogens is 294 g/mol. The quantitative estimate of drug-likeness (QED) is 0.456. The van der Waals surface area contributed by atoms with Gasteiger partial charge in [0.2, 0.25) is 0 Å². The Hall–Kier alpha value is -3.15. The van der Waals surface area contributed by atoms with Crippen molar-refractivity contribution in [3.05, 3.63) is 65.7 Å². The molecule has 0 aliphatic heterocycles. The summed E-state index contributed by atoms with van der Waals surface area (Å²) < 4.78 is 0. The highest BCUT2D eigenvalue weighted by molar-refractivity contribution is 6.35. The Balaban J connectivity index is 1.88. The first-order valence-corrected chi connectivity index (χ1v) is 7.05. The number of nitrogens with one attached hydrogen (secondary N) is 2. The fourth-order valence-electron chi connectivity index (χ4n) is 1.90. The molecule has 1 atom stereocenters. The highest BCUT2D eigenvalue weighted by Crippen LogP contribution is 2.12. The number of hydrogen-bond donors (Lipinski definition) is 3. The maximum atomic E-state index is 11.8. The van der Waals surface area contributed by atoms with Gasteiger partial charge in [-0.3, -0.25) is 9.59 Å². The van der Waals surface area contributed by atoms with Crippen LogP contribution in [0.25, 0.3) is 0 Å². The zero-order chi connectivity index (χ0) is 16.7. The van der Waals surface area contributed by atoms with Crippen molar-refractivity contribution in [2.24, 2.45) is 5.10 Å². The summed E-state index contributed by atoms with van der Waals surface area (Å²) >= 11 is 0. The van der Waals surface area contributed by atoms with Crippen molar-refractivity contribution in [3.8, 4) is 5.75 Å². The summed E-state index contributed by atoms with van der Waals surface area (Å²) in [5, 5.41) is 15.8. The lowest BCUT2D eigenvalue weighted by Crippen LogP contribution is -2.39. The molecule has 0 aliphatic rings. The van der Waals surface area contributed by atoms with E-state index in [1.54, 1.807) is 25.1 Å². The number of carbonyl (C=O) groups excluding carboxylic acids is 2. The first-order valence-electron chi connectivity index (χ1n) is 7.05. The SMILES string of the molecule is CC(NC(=O)C(=O)N/N=C/c1ccccc1O)c1ccccc1. The van der Waals surface area contributed by atoms with E-state index in [-0.39, 0.29) is 11.8 Å². The fourth-order valence-corrected chi connectivity index (χ4v) is 1.90. The molecule has 0 saturated carbocycles. The number of phenols is 1. The number of aromatic hydroxyl groups is 1. The van der Waals surface area contributed by atoms with E-state index < -0.39 is 11.8 Å². The number of phenolic OH excluding ortho intramolecular Hbond substituents is 1. The predicted octanol–water partition coefficient (Wildman–Crippen LogP) is 1.72. The predicted molar refractivity (Wildman–Crippen MR) is 86.8 cm³/mol. The van der Waals surface area contributed by atoms with Gasteiger partial charge in [0.05, 0.1) is 12.3 Å². The molecule has 2 rings (SSSR count). The molecule has 2 aromatic rings. The summed E-state index contributed by atoms with van der Waals surface area (Å²) in [5.41, 5.74) is 3.45. The van der Waals surface area contributed by atoms with E-state index in [2.05, 4.69) is 15.8 Å². The van der Waals surface area contributed by atoms with Crippen molar-refractivity contribution in [2.45, 2.75) is 13.0 Å². The van der Waals surface area contributed by atoms with Crippen LogP contribution >= 0.6 is 0 Å². The Morgan fingerprint density at radius 1 is 1.04 bits per heavy atom. The zero-order valence-electron chi connectivity index (χ0n) is 12.6. The molecule has 0 aliphatic carbocycles. The summed E-state index contributed by atoms with van der Waals surface area (Å²) in [6.45, 7) is 1.78. The van der Waals surface area contributed by atoms with Crippen molar-refractivity contribution in [2.75, 3.05) is 0 Å². The normalized spacial score (nSPS) is 11.9. The van der Waals surface area contributed by atoms with Crippen molar-refractivity contribution in [1.82, 2.24) is 10.7 Å². The van der Waals surface area contributed by atoms with Crippen LogP contribution in [0.15, 0.2) is 59.7 Å². The van der Waals surface area contributed by atoms with Gasteiger partial charge < -0.3 is 10.4 Å². The molecule has 0 radical (unpaired) electrons. The number of hydrazone groups is 1. The molecule has 0 fully saturated rings. The molecule has 0 bridgehead atoms. The topological polar surface area (TPSA) is 90.8 Å². The maximum Gasteiger partial charge on any atom is 0.329 e. The largest absolute Gasteiger partial charge is 0.507 e. The Bertz CT molecular complexity index is 714. The molecule has 118 valence electrons. The molecule has 6 nitrogen and oxygen atoms in total. The lowest BCUT2D eigenvalue weighted by molar-refractivity contribution is -0.139. The van der Waals surface area contributed by atoms with Crippen molar-refractivity contribution < 1.29 is 14.7 Å². The van der Waals surface area contributed by atoms with E-state index in [1.807, 2.05) is 30.3 Å². The van der Waals surface area contributed by atoms with Gasteiger partial charge in [-0.25, -0.2) is 5.43 Å². The summed E-state index contributed by atoms with van der Waals surface area (Å²) in [6.07, 6.45) is 1.27. The standard InChI is InChI=1S/C17H17N3O3/c1-12(13-7-3-2-4-8-13)19-16(22)17(23)20-18-11-14-9-5-6-10-15(14)21/h2-12,21H,1H3,(H,19,22)(H,20,23)/b18-11+. The van der Waals surface area contributed by atoms with Gasteiger partial charge in [-0.15, -0.1) is 0 Å². The van der Waals surface area contributed by atoms with Crippen LogP contribution in [0.1, 0.15) is 24.1 Å². The highest BCUT2D eigenvalue weighted by atomic mass is 16.3. The van der Waals surface area contributed by atoms with E-state index in [0.29, 0.717) is 5.56 Å². The second-order valence-corrected chi connectivity index (χ2v) is 4.86. The summed E-state index contributed by atoms with van der Waals surface area (Å²) in [4.78, 5) is 23.5. The molecule has 23 heavy (non-hydrogen) atoms. The van der Waals surface area contributed by atoms with Gasteiger partial charge in [0, 0.05) is 5.56 Å². The molecule has 2 aromatic carbocycles. The average Bonchev–Trinajstić information content (AvgIpc) is 2.57. The number of benzene rings is 2. The number of rotatable bonds is 4. The van der Waals surface area contributed by atoms with Crippen molar-refractivity contribution in [1.29, 1.82) is 0 Å². The number of nitrogens with zero attached hydrogens (tertiary/aromatic N) is 1. The van der Waals surface area contributed by atoms with E-state index in [0.717, 1.165) is 5.56 Å². The first-order chi connectivity index (χ1) is 11.1. The Labute approximate surface area is 133 Å². The fraction of sp³-hybridized carbons (Fsp3) is 0.118. The van der Waals surface area contributed by atoms with Gasteiger partial charge in [0.1, 0.15) is 5.75 Å². The summed E-state index contributed by atoms with van der Waals surface area (Å²) in [6, 6.07) is 15.5. The first kappa shape index (κ1) is 16.2. The molecule has 1 unspecified atom stereocenters. The third-order valence-electron chi connectivity index (χ3n) is 3.16. The van der Waals surface area contributed by atoms with Crippen LogP contribution in [0.4, 0.5) is 0 Å². The third kappa shape index (κ3) is 4.67. The second-order valence-electron chi connectivity index (χ2n) is 4.86. The monoisotopic (exact) mass is 311 g/mol. The molecule has 0 saturated heterocycles. The second kappa shape index (κ2) is 7.74. The van der Waals surface area contributed by atoms with Crippen LogP contribution in [-0.2, 0) is 9.59 Å². The Kier molecular flexibility index (Phi) is 5.46. The van der Waals surface area contributed by atoms with Gasteiger partial charge in [0.25, 0.3) is 0 Å². The molecular formula is C17H17N3O3. The number of hydrogen-bond acceptors (Lipinski definition) is 4. The van der Waals surface area contributed by atoms with E-state index in [4.69, 9.17) is 0 Å². The van der Waals surface area contributed by atoms with Crippen molar-refractivity contribution >= 4 is 18.0 Å². The maximum absolute atomic E-state index is 11.8. The minimum absolute atomic E-state index is 0.0349. The lowest BCUT2D eigenvalue weighted by Gasteiger charge is -2.13. The average molecular weight is 311 g/mol. The Morgan fingerprint density at radius 3 is 2.39 bits per heavy atom. The summed E-state index contributed by atoms with van der Waals surface area (Å²) in [7, 11) is 0. The molecule has 0 heterocycles. The minimum Gasteiger partial charge on any atom is -0.507 e. The van der Waals surface area contributed by atoms with Crippen molar-refractivity contribution in [3.63, 3.8) is 0 Å². The molecule has 0 spiro atoms. The van der Waals surface area contributed by atoms with Crippen LogP contribution in [0, 0.1) is 0 Å². The molecule has 6 heteroatoms. The van der Waals surface area contributed by atoms with Crippen LogP contribution < -0.4 is 10.7 Å². The van der Waals surface area contributed by atoms with Gasteiger partial charge in [-0.05, 0) is 24.6 Å². The third-order valence-corrected chi connectivity index (χ3v) is 3.16. The lowest BCUT2D eigenvalue weighted by atomic mass is 10.1. The zero-order valence-corrected chi connectivity index (χ0v) is 12.6. The van der Waals surface area contributed by atoms with Gasteiger partial charge in [0.15, 0.2) is 0 Å². The van der Waals surface area contributed by atoms with Gasteiger partial charge in [-0.2, -0.15) is 5.10 Å². The molecule has 0 aromatic heterocycles.